The summed E-state index contributed by atoms with van der Waals surface area (Å²) in [6, 6.07) is 15.8. The number of carbonyl (C=O) groups excluding carboxylic acids is 2. The Bertz CT molecular complexity index is 2010. The Morgan fingerprint density at radius 2 is 1.89 bits per heavy atom. The van der Waals surface area contributed by atoms with Crippen LogP contribution in [0.15, 0.2) is 60.9 Å². The van der Waals surface area contributed by atoms with Gasteiger partial charge in [0.1, 0.15) is 5.52 Å². The maximum Gasteiger partial charge on any atom is 0.291 e. The number of benzene rings is 2. The number of imidazole rings is 1. The molecular weight excluding hydrogens is 612 g/mol. The molecule has 1 fully saturated rings. The number of fused-ring (bicyclic) bond motifs is 2. The molecule has 1 saturated heterocycles. The largest absolute Gasteiger partial charge is 0.339 e. The molecule has 1 atom stereocenters. The van der Waals surface area contributed by atoms with Crippen molar-refractivity contribution in [2.45, 2.75) is 39.8 Å². The van der Waals surface area contributed by atoms with Gasteiger partial charge in [0.25, 0.3) is 5.91 Å². The third kappa shape index (κ3) is 6.06. The monoisotopic (exact) mass is 648 g/mol. The summed E-state index contributed by atoms with van der Waals surface area (Å²) < 4.78 is 1.80. The van der Waals surface area contributed by atoms with Crippen LogP contribution in [-0.2, 0) is 31.4 Å². The van der Waals surface area contributed by atoms with Crippen LogP contribution in [0.1, 0.15) is 46.5 Å². The topological polar surface area (TPSA) is 108 Å². The predicted molar refractivity (Wildman–Crippen MR) is 185 cm³/mol. The Morgan fingerprint density at radius 3 is 2.68 bits per heavy atom. The van der Waals surface area contributed by atoms with Crippen molar-refractivity contribution in [1.82, 2.24) is 29.3 Å². The highest BCUT2D eigenvalue weighted by Gasteiger charge is 2.26. The zero-order chi connectivity index (χ0) is 32.7. The Labute approximate surface area is 278 Å². The lowest BCUT2D eigenvalue weighted by atomic mass is 9.98. The van der Waals surface area contributed by atoms with E-state index < -0.39 is 0 Å². The molecule has 0 saturated carbocycles. The number of hydrogen-bond donors (Lipinski definition) is 2. The van der Waals surface area contributed by atoms with Gasteiger partial charge in [-0.15, -0.1) is 0 Å². The van der Waals surface area contributed by atoms with Crippen LogP contribution < -0.4 is 10.6 Å². The molecule has 1 unspecified atom stereocenters. The van der Waals surface area contributed by atoms with Crippen molar-refractivity contribution in [3.8, 4) is 11.1 Å². The molecule has 3 aromatic heterocycles. The fourth-order valence-corrected chi connectivity index (χ4v) is 7.03. The zero-order valence-electron chi connectivity index (χ0n) is 26.8. The number of anilines is 3. The second-order valence-corrected chi connectivity index (χ2v) is 13.0. The summed E-state index contributed by atoms with van der Waals surface area (Å²) in [7, 11) is 1.82. The lowest BCUT2D eigenvalue weighted by Gasteiger charge is -2.22. The molecule has 0 bridgehead atoms. The van der Waals surface area contributed by atoms with Gasteiger partial charge in [-0.05, 0) is 66.8 Å². The van der Waals surface area contributed by atoms with E-state index in [0.717, 1.165) is 76.6 Å². The third-order valence-corrected chi connectivity index (χ3v) is 9.74. The van der Waals surface area contributed by atoms with E-state index in [0.29, 0.717) is 36.0 Å². The maximum atomic E-state index is 13.4. The second-order valence-electron chi connectivity index (χ2n) is 12.6. The SMILES string of the molecule is Cc1c(Nc2nccc3cc(CN4CCC(C)C4)cnc23)cccc1-c1cccc(NC(=O)c2nc3c(n2C)CCN(C=O)C3)c1Cl. The molecule has 7 rings (SSSR count). The van der Waals surface area contributed by atoms with E-state index in [9.17, 15) is 9.59 Å². The first-order valence-corrected chi connectivity index (χ1v) is 16.3. The first kappa shape index (κ1) is 30.8. The normalized spacial score (nSPS) is 16.3. The highest BCUT2D eigenvalue weighted by Crippen LogP contribution is 2.38. The molecule has 2 aromatic carbocycles. The van der Waals surface area contributed by atoms with Crippen LogP contribution >= 0.6 is 11.6 Å². The van der Waals surface area contributed by atoms with Crippen molar-refractivity contribution >= 4 is 52.0 Å². The number of rotatable bonds is 8. The molecule has 0 spiro atoms. The Morgan fingerprint density at radius 1 is 1.09 bits per heavy atom. The molecule has 47 heavy (non-hydrogen) atoms. The third-order valence-electron chi connectivity index (χ3n) is 9.33. The van der Waals surface area contributed by atoms with Crippen LogP contribution in [0, 0.1) is 12.8 Å². The first-order chi connectivity index (χ1) is 22.8. The Hall–Kier alpha value is -4.80. The average Bonchev–Trinajstić information content (AvgIpc) is 3.64. The average molecular weight is 649 g/mol. The number of nitrogens with zero attached hydrogens (tertiary/aromatic N) is 6. The van der Waals surface area contributed by atoms with Crippen molar-refractivity contribution < 1.29 is 9.59 Å². The minimum atomic E-state index is -0.363. The van der Waals surface area contributed by atoms with Crippen LogP contribution in [0.5, 0.6) is 0 Å². The molecule has 2 amide bonds. The van der Waals surface area contributed by atoms with Crippen molar-refractivity contribution in [3.63, 3.8) is 0 Å². The molecule has 0 aliphatic carbocycles. The highest BCUT2D eigenvalue weighted by molar-refractivity contribution is 6.36. The summed E-state index contributed by atoms with van der Waals surface area (Å²) in [6.07, 6.45) is 6.48. The molecular formula is C36H37ClN8O2. The van der Waals surface area contributed by atoms with Gasteiger partial charge in [0.05, 0.1) is 22.9 Å². The van der Waals surface area contributed by atoms with E-state index in [2.05, 4.69) is 38.5 Å². The molecule has 2 N–H and O–H groups in total. The van der Waals surface area contributed by atoms with Gasteiger partial charge in [-0.2, -0.15) is 0 Å². The predicted octanol–water partition coefficient (Wildman–Crippen LogP) is 6.34. The van der Waals surface area contributed by atoms with E-state index in [1.165, 1.54) is 12.0 Å². The van der Waals surface area contributed by atoms with Crippen LogP contribution in [-0.4, -0.2) is 61.3 Å². The van der Waals surface area contributed by atoms with Gasteiger partial charge in [-0.25, -0.2) is 9.97 Å². The van der Waals surface area contributed by atoms with Gasteiger partial charge in [0, 0.05) is 67.8 Å². The number of nitrogens with one attached hydrogen (secondary N) is 2. The lowest BCUT2D eigenvalue weighted by Crippen LogP contribution is -2.29. The number of halogens is 1. The highest BCUT2D eigenvalue weighted by atomic mass is 35.5. The summed E-state index contributed by atoms with van der Waals surface area (Å²) in [5, 5.41) is 7.95. The van der Waals surface area contributed by atoms with Crippen LogP contribution in [0.25, 0.3) is 22.0 Å². The smallest absolute Gasteiger partial charge is 0.291 e. The minimum Gasteiger partial charge on any atom is -0.339 e. The fraction of sp³-hybridized carbons (Fsp3) is 0.306. The number of hydrogen-bond acceptors (Lipinski definition) is 7. The second kappa shape index (κ2) is 12.8. The summed E-state index contributed by atoms with van der Waals surface area (Å²) >= 11 is 6.97. The number of amides is 2. The van der Waals surface area contributed by atoms with Gasteiger partial charge >= 0.3 is 0 Å². The van der Waals surface area contributed by atoms with Crippen molar-refractivity contribution in [2.75, 3.05) is 30.3 Å². The van der Waals surface area contributed by atoms with E-state index in [4.69, 9.17) is 16.6 Å². The van der Waals surface area contributed by atoms with Gasteiger partial charge in [-0.3, -0.25) is 19.5 Å². The van der Waals surface area contributed by atoms with E-state index in [1.807, 2.05) is 62.8 Å². The van der Waals surface area contributed by atoms with Gasteiger partial charge in [-0.1, -0.05) is 42.8 Å². The molecule has 11 heteroatoms. The Kier molecular flexibility index (Phi) is 8.38. The summed E-state index contributed by atoms with van der Waals surface area (Å²) in [4.78, 5) is 42.8. The zero-order valence-corrected chi connectivity index (χ0v) is 27.5. The van der Waals surface area contributed by atoms with Crippen molar-refractivity contribution in [3.05, 3.63) is 94.3 Å². The van der Waals surface area contributed by atoms with Crippen LogP contribution in [0.4, 0.5) is 17.2 Å². The summed E-state index contributed by atoms with van der Waals surface area (Å²) in [6.45, 7) is 8.50. The Balaban J connectivity index is 1.12. The molecule has 5 heterocycles. The quantitative estimate of drug-likeness (QED) is 0.189. The van der Waals surface area contributed by atoms with E-state index >= 15 is 0 Å². The molecule has 0 radical (unpaired) electrons. The standard InChI is InChI=1S/C36H37ClN8O2/c1-22-11-14-44(18-22)19-24-16-25-10-13-38-34(33(25)39-17-24)40-28-8-4-6-26(23(28)2)27-7-5-9-29(32(27)37)42-36(47)35-41-30-20-45(21-46)15-12-31(30)43(35)3/h4-10,13,16-17,21-22H,11-12,14-15,18-20H2,1-3H3,(H,38,40)(H,42,47). The molecule has 2 aliphatic rings. The number of likely N-dealkylation sites (tertiary alicyclic amines) is 1. The van der Waals surface area contributed by atoms with Gasteiger partial charge < -0.3 is 20.1 Å². The fourth-order valence-electron chi connectivity index (χ4n) is 6.76. The number of carbonyl (C=O) groups is 2. The van der Waals surface area contributed by atoms with E-state index in [-0.39, 0.29) is 11.7 Å². The first-order valence-electron chi connectivity index (χ1n) is 16.0. The summed E-state index contributed by atoms with van der Waals surface area (Å²) in [5.74, 6) is 1.34. The molecule has 10 nitrogen and oxygen atoms in total. The lowest BCUT2D eigenvalue weighted by molar-refractivity contribution is -0.119. The number of pyridine rings is 2. The van der Waals surface area contributed by atoms with Gasteiger partial charge in [0.2, 0.25) is 6.41 Å². The van der Waals surface area contributed by atoms with Crippen LogP contribution in [0.3, 0.4) is 0 Å². The minimum absolute atomic E-state index is 0.278. The van der Waals surface area contributed by atoms with Gasteiger partial charge in [0.15, 0.2) is 11.6 Å². The van der Waals surface area contributed by atoms with E-state index in [1.54, 1.807) is 15.5 Å². The van der Waals surface area contributed by atoms with Crippen molar-refractivity contribution in [2.24, 2.45) is 13.0 Å². The van der Waals surface area contributed by atoms with Crippen molar-refractivity contribution in [1.29, 1.82) is 0 Å². The number of aromatic nitrogens is 4. The molecule has 2 aliphatic heterocycles. The molecule has 240 valence electrons. The summed E-state index contributed by atoms with van der Waals surface area (Å²) in [5.41, 5.74) is 7.78. The maximum absolute atomic E-state index is 13.4. The molecule has 5 aromatic rings. The van der Waals surface area contributed by atoms with Crippen LogP contribution in [0.2, 0.25) is 5.02 Å².